The Bertz CT molecular complexity index is 1130. The minimum Gasteiger partial charge on any atom is -0.346 e. The second kappa shape index (κ2) is 9.17. The molecular weight excluding hydrogens is 416 g/mol. The Hall–Kier alpha value is -3.40. The van der Waals surface area contributed by atoms with E-state index in [2.05, 4.69) is 26.1 Å². The third-order valence-corrected chi connectivity index (χ3v) is 5.68. The molecule has 0 aliphatic carbocycles. The lowest BCUT2D eigenvalue weighted by molar-refractivity contribution is -0.126. The van der Waals surface area contributed by atoms with Gasteiger partial charge in [-0.15, -0.1) is 10.2 Å². The fraction of sp³-hybridized carbons (Fsp3) is 0.286. The number of benzene rings is 1. The SMILES string of the molecule is CSCC[C@H](NC(=O)C[C@@H]1NC(=O)c2ccccc2NC1=O)c1nnc2ccccn12. The van der Waals surface area contributed by atoms with Crippen molar-refractivity contribution in [3.63, 3.8) is 0 Å². The second-order valence-corrected chi connectivity index (χ2v) is 8.14. The first-order chi connectivity index (χ1) is 15.1. The van der Waals surface area contributed by atoms with Gasteiger partial charge in [-0.05, 0) is 42.7 Å². The summed E-state index contributed by atoms with van der Waals surface area (Å²) < 4.78 is 1.84. The molecule has 2 atom stereocenters. The quantitative estimate of drug-likeness (QED) is 0.518. The highest BCUT2D eigenvalue weighted by molar-refractivity contribution is 7.98. The Kier molecular flexibility index (Phi) is 6.17. The molecule has 2 aromatic heterocycles. The average molecular weight is 439 g/mol. The molecule has 0 radical (unpaired) electrons. The lowest BCUT2D eigenvalue weighted by Gasteiger charge is -2.19. The molecule has 160 valence electrons. The second-order valence-electron chi connectivity index (χ2n) is 7.15. The number of nitrogens with zero attached hydrogens (tertiary/aromatic N) is 3. The van der Waals surface area contributed by atoms with E-state index in [0.717, 1.165) is 5.75 Å². The summed E-state index contributed by atoms with van der Waals surface area (Å²) >= 11 is 1.66. The van der Waals surface area contributed by atoms with Crippen LogP contribution in [-0.2, 0) is 9.59 Å². The van der Waals surface area contributed by atoms with Crippen molar-refractivity contribution in [3.05, 3.63) is 60.0 Å². The monoisotopic (exact) mass is 438 g/mol. The molecule has 0 spiro atoms. The zero-order valence-electron chi connectivity index (χ0n) is 16.9. The van der Waals surface area contributed by atoms with E-state index in [1.165, 1.54) is 0 Å². The molecule has 3 N–H and O–H groups in total. The van der Waals surface area contributed by atoms with Crippen molar-refractivity contribution in [3.8, 4) is 0 Å². The van der Waals surface area contributed by atoms with Crippen LogP contribution in [0.2, 0.25) is 0 Å². The van der Waals surface area contributed by atoms with Crippen LogP contribution in [0.15, 0.2) is 48.7 Å². The highest BCUT2D eigenvalue weighted by Crippen LogP contribution is 2.21. The van der Waals surface area contributed by atoms with E-state index in [1.807, 2.05) is 35.1 Å². The molecule has 0 saturated carbocycles. The Morgan fingerprint density at radius 3 is 2.84 bits per heavy atom. The van der Waals surface area contributed by atoms with Gasteiger partial charge in [0.1, 0.15) is 6.04 Å². The van der Waals surface area contributed by atoms with Crippen LogP contribution in [0.3, 0.4) is 0 Å². The minimum absolute atomic E-state index is 0.182. The maximum atomic E-state index is 12.8. The summed E-state index contributed by atoms with van der Waals surface area (Å²) in [6.07, 6.45) is 4.30. The molecule has 0 bridgehead atoms. The molecule has 10 heteroatoms. The van der Waals surface area contributed by atoms with Crippen LogP contribution in [-0.4, -0.2) is 50.4 Å². The van der Waals surface area contributed by atoms with Crippen LogP contribution in [0.25, 0.3) is 5.65 Å². The van der Waals surface area contributed by atoms with Crippen molar-refractivity contribution in [2.24, 2.45) is 0 Å². The van der Waals surface area contributed by atoms with Crippen molar-refractivity contribution < 1.29 is 14.4 Å². The van der Waals surface area contributed by atoms with Gasteiger partial charge in [-0.25, -0.2) is 0 Å². The zero-order valence-corrected chi connectivity index (χ0v) is 17.7. The van der Waals surface area contributed by atoms with Gasteiger partial charge in [0.25, 0.3) is 5.91 Å². The normalized spacial score (nSPS) is 16.7. The molecule has 4 rings (SSSR count). The van der Waals surface area contributed by atoms with Crippen LogP contribution in [0.4, 0.5) is 5.69 Å². The number of hydrogen-bond donors (Lipinski definition) is 3. The van der Waals surface area contributed by atoms with E-state index in [9.17, 15) is 14.4 Å². The molecule has 0 unspecified atom stereocenters. The van der Waals surface area contributed by atoms with E-state index in [1.54, 1.807) is 36.0 Å². The van der Waals surface area contributed by atoms with E-state index < -0.39 is 17.9 Å². The number of thioether (sulfide) groups is 1. The molecule has 0 fully saturated rings. The summed E-state index contributed by atoms with van der Waals surface area (Å²) in [6.45, 7) is 0. The number of amides is 3. The lowest BCUT2D eigenvalue weighted by Crippen LogP contribution is -2.45. The predicted molar refractivity (Wildman–Crippen MR) is 118 cm³/mol. The molecule has 3 aromatic rings. The van der Waals surface area contributed by atoms with E-state index in [4.69, 9.17) is 0 Å². The first-order valence-electron chi connectivity index (χ1n) is 9.85. The first kappa shape index (κ1) is 20.9. The zero-order chi connectivity index (χ0) is 21.8. The number of carbonyl (C=O) groups is 3. The van der Waals surface area contributed by atoms with Crippen LogP contribution < -0.4 is 16.0 Å². The molecule has 31 heavy (non-hydrogen) atoms. The van der Waals surface area contributed by atoms with E-state index in [0.29, 0.717) is 29.1 Å². The summed E-state index contributed by atoms with van der Waals surface area (Å²) in [6, 6.07) is 11.0. The largest absolute Gasteiger partial charge is 0.346 e. The van der Waals surface area contributed by atoms with E-state index >= 15 is 0 Å². The highest BCUT2D eigenvalue weighted by Gasteiger charge is 2.30. The van der Waals surface area contributed by atoms with Crippen LogP contribution in [0, 0.1) is 0 Å². The fourth-order valence-electron chi connectivity index (χ4n) is 3.49. The Labute approximate surface area is 183 Å². The molecular formula is C21H22N6O3S. The maximum absolute atomic E-state index is 12.8. The summed E-state index contributed by atoms with van der Waals surface area (Å²) in [5.74, 6) is 0.254. The third-order valence-electron chi connectivity index (χ3n) is 5.04. The van der Waals surface area contributed by atoms with Gasteiger partial charge in [-0.1, -0.05) is 18.2 Å². The summed E-state index contributed by atoms with van der Waals surface area (Å²) in [5, 5.41) is 16.7. The number of fused-ring (bicyclic) bond motifs is 2. The summed E-state index contributed by atoms with van der Waals surface area (Å²) in [7, 11) is 0. The van der Waals surface area contributed by atoms with Crippen molar-refractivity contribution in [2.75, 3.05) is 17.3 Å². The fourth-order valence-corrected chi connectivity index (χ4v) is 3.96. The molecule has 3 heterocycles. The van der Waals surface area contributed by atoms with Gasteiger partial charge in [0, 0.05) is 6.20 Å². The minimum atomic E-state index is -0.976. The molecule has 9 nitrogen and oxygen atoms in total. The summed E-state index contributed by atoms with van der Waals surface area (Å²) in [5.41, 5.74) is 1.49. The van der Waals surface area contributed by atoms with Gasteiger partial charge in [0.15, 0.2) is 11.5 Å². The van der Waals surface area contributed by atoms with Gasteiger partial charge in [-0.3, -0.25) is 18.8 Å². The number of rotatable bonds is 7. The number of hydrogen-bond acceptors (Lipinski definition) is 6. The van der Waals surface area contributed by atoms with Crippen molar-refractivity contribution in [1.29, 1.82) is 0 Å². The van der Waals surface area contributed by atoms with Crippen molar-refractivity contribution in [1.82, 2.24) is 25.2 Å². The van der Waals surface area contributed by atoms with Gasteiger partial charge >= 0.3 is 0 Å². The molecule has 1 aliphatic rings. The number of pyridine rings is 1. The number of carbonyl (C=O) groups excluding carboxylic acids is 3. The summed E-state index contributed by atoms with van der Waals surface area (Å²) in [4.78, 5) is 37.9. The van der Waals surface area contributed by atoms with Crippen LogP contribution >= 0.6 is 11.8 Å². The Morgan fingerprint density at radius 1 is 1.19 bits per heavy atom. The van der Waals surface area contributed by atoms with Gasteiger partial charge in [0.05, 0.1) is 23.7 Å². The highest BCUT2D eigenvalue weighted by atomic mass is 32.2. The van der Waals surface area contributed by atoms with Crippen LogP contribution in [0.1, 0.15) is 35.1 Å². The lowest BCUT2D eigenvalue weighted by atomic mass is 10.1. The number of nitrogens with one attached hydrogen (secondary N) is 3. The van der Waals surface area contributed by atoms with Crippen molar-refractivity contribution in [2.45, 2.75) is 24.9 Å². The molecule has 1 aromatic carbocycles. The smallest absolute Gasteiger partial charge is 0.254 e. The maximum Gasteiger partial charge on any atom is 0.254 e. The third kappa shape index (κ3) is 4.53. The Morgan fingerprint density at radius 2 is 2.00 bits per heavy atom. The Balaban J connectivity index is 1.49. The van der Waals surface area contributed by atoms with Crippen LogP contribution in [0.5, 0.6) is 0 Å². The predicted octanol–water partition coefficient (Wildman–Crippen LogP) is 1.78. The standard InChI is InChI=1S/C21H22N6O3S/c1-31-11-9-15(19-26-25-17-8-4-5-10-27(17)19)22-18(28)12-16-21(30)23-14-7-3-2-6-13(14)20(29)24-16/h2-8,10,15-16H,9,11-12H2,1H3,(H,22,28)(H,23,30)(H,24,29)/t15-,16-/m0/s1. The number of aromatic nitrogens is 3. The topological polar surface area (TPSA) is 117 Å². The van der Waals surface area contributed by atoms with Gasteiger partial charge in [0.2, 0.25) is 11.8 Å². The van der Waals surface area contributed by atoms with Gasteiger partial charge in [-0.2, -0.15) is 11.8 Å². The molecule has 3 amide bonds. The van der Waals surface area contributed by atoms with Crippen molar-refractivity contribution >= 4 is 40.8 Å². The van der Waals surface area contributed by atoms with E-state index in [-0.39, 0.29) is 18.4 Å². The number of anilines is 1. The molecule has 1 aliphatic heterocycles. The average Bonchev–Trinajstić information content (AvgIpc) is 3.15. The number of para-hydroxylation sites is 1. The molecule has 0 saturated heterocycles. The first-order valence-corrected chi connectivity index (χ1v) is 11.2. The van der Waals surface area contributed by atoms with Gasteiger partial charge < -0.3 is 16.0 Å².